The molecule has 24 heavy (non-hydrogen) atoms. The monoisotopic (exact) mass is 349 g/mol. The average molecular weight is 349 g/mol. The van der Waals surface area contributed by atoms with Gasteiger partial charge >= 0.3 is 5.97 Å². The molecule has 0 saturated carbocycles. The van der Waals surface area contributed by atoms with Gasteiger partial charge in [-0.2, -0.15) is 0 Å². The highest BCUT2D eigenvalue weighted by Crippen LogP contribution is 2.09. The number of hydrogen-bond donors (Lipinski definition) is 1. The summed E-state index contributed by atoms with van der Waals surface area (Å²) in [7, 11) is -2.18. The van der Waals surface area contributed by atoms with Crippen LogP contribution in [0.15, 0.2) is 54.6 Å². The van der Waals surface area contributed by atoms with Crippen molar-refractivity contribution in [2.24, 2.45) is 0 Å². The molecule has 0 aromatic heterocycles. The van der Waals surface area contributed by atoms with Gasteiger partial charge in [0, 0.05) is 6.54 Å². The highest BCUT2D eigenvalue weighted by atomic mass is 32.2. The van der Waals surface area contributed by atoms with Gasteiger partial charge in [-0.05, 0) is 29.8 Å². The van der Waals surface area contributed by atoms with Crippen molar-refractivity contribution in [2.45, 2.75) is 5.75 Å². The Hall–Kier alpha value is -2.38. The van der Waals surface area contributed by atoms with E-state index in [0.717, 1.165) is 0 Å². The normalized spacial score (nSPS) is 11.0. The lowest BCUT2D eigenvalue weighted by molar-refractivity contribution is 0.0600. The number of hydrogen-bond acceptors (Lipinski definition) is 5. The zero-order valence-electron chi connectivity index (χ0n) is 13.3. The maximum absolute atomic E-state index is 12.0. The highest BCUT2D eigenvalue weighted by Gasteiger charge is 2.12. The summed E-state index contributed by atoms with van der Waals surface area (Å²) >= 11 is 0. The lowest BCUT2D eigenvalue weighted by atomic mass is 10.1. The second kappa shape index (κ2) is 8.47. The van der Waals surface area contributed by atoms with Gasteiger partial charge in [0.2, 0.25) is 10.0 Å². The molecule has 0 saturated heterocycles. The standard InChI is InChI=1S/C17H19NO5S/c1-22-17(19)15-9-7-14(8-10-15)13-24(20,21)18-11-12-23-16-5-3-2-4-6-16/h2-10,18H,11-13H2,1H3. The largest absolute Gasteiger partial charge is 0.492 e. The van der Waals surface area contributed by atoms with Crippen LogP contribution in [0, 0.1) is 0 Å². The van der Waals surface area contributed by atoms with Crippen LogP contribution in [0.25, 0.3) is 0 Å². The number of rotatable bonds is 8. The van der Waals surface area contributed by atoms with E-state index in [9.17, 15) is 13.2 Å². The number of sulfonamides is 1. The van der Waals surface area contributed by atoms with Gasteiger partial charge in [0.1, 0.15) is 12.4 Å². The fourth-order valence-corrected chi connectivity index (χ4v) is 3.14. The number of para-hydroxylation sites is 1. The molecule has 0 aliphatic carbocycles. The quantitative estimate of drug-likeness (QED) is 0.582. The van der Waals surface area contributed by atoms with Crippen molar-refractivity contribution in [3.63, 3.8) is 0 Å². The van der Waals surface area contributed by atoms with Crippen LogP contribution in [0.5, 0.6) is 5.75 Å². The number of nitrogens with one attached hydrogen (secondary N) is 1. The minimum Gasteiger partial charge on any atom is -0.492 e. The van der Waals surface area contributed by atoms with Crippen LogP contribution >= 0.6 is 0 Å². The third-order valence-electron chi connectivity index (χ3n) is 3.17. The molecule has 0 bridgehead atoms. The lowest BCUT2D eigenvalue weighted by Gasteiger charge is -2.09. The summed E-state index contributed by atoms with van der Waals surface area (Å²) < 4.78 is 36.6. The molecule has 0 radical (unpaired) electrons. The molecule has 1 N–H and O–H groups in total. The minimum atomic E-state index is -3.47. The fourth-order valence-electron chi connectivity index (χ4n) is 2.01. The first kappa shape index (κ1) is 18.0. The van der Waals surface area contributed by atoms with E-state index in [4.69, 9.17) is 4.74 Å². The third kappa shape index (κ3) is 5.68. The first-order valence-electron chi connectivity index (χ1n) is 7.32. The summed E-state index contributed by atoms with van der Waals surface area (Å²) in [5.41, 5.74) is 0.960. The molecule has 0 amide bonds. The van der Waals surface area contributed by atoms with Crippen molar-refractivity contribution < 1.29 is 22.7 Å². The molecule has 7 heteroatoms. The van der Waals surface area contributed by atoms with Gasteiger partial charge in [-0.3, -0.25) is 0 Å². The Balaban J connectivity index is 1.81. The van der Waals surface area contributed by atoms with Gasteiger partial charge in [0.25, 0.3) is 0 Å². The Morgan fingerprint density at radius 3 is 2.33 bits per heavy atom. The summed E-state index contributed by atoms with van der Waals surface area (Å²) in [6.45, 7) is 0.419. The average Bonchev–Trinajstić information content (AvgIpc) is 2.59. The summed E-state index contributed by atoms with van der Waals surface area (Å²) in [6, 6.07) is 15.4. The number of esters is 1. The van der Waals surface area contributed by atoms with Crippen LogP contribution in [-0.2, 0) is 20.5 Å². The molecular weight excluding hydrogens is 330 g/mol. The van der Waals surface area contributed by atoms with E-state index in [-0.39, 0.29) is 18.9 Å². The summed E-state index contributed by atoms with van der Waals surface area (Å²) in [5.74, 6) is 0.0652. The molecule has 2 aromatic carbocycles. The second-order valence-electron chi connectivity index (χ2n) is 5.00. The Morgan fingerprint density at radius 2 is 1.71 bits per heavy atom. The topological polar surface area (TPSA) is 81.7 Å². The second-order valence-corrected chi connectivity index (χ2v) is 6.81. The van der Waals surface area contributed by atoms with Crippen LogP contribution in [-0.4, -0.2) is 34.6 Å². The van der Waals surface area contributed by atoms with E-state index in [0.29, 0.717) is 16.9 Å². The van der Waals surface area contributed by atoms with E-state index < -0.39 is 16.0 Å². The first-order valence-corrected chi connectivity index (χ1v) is 8.98. The maximum Gasteiger partial charge on any atom is 0.337 e. The number of ether oxygens (including phenoxy) is 2. The molecule has 2 aromatic rings. The molecule has 128 valence electrons. The number of benzene rings is 2. The van der Waals surface area contributed by atoms with E-state index in [1.54, 1.807) is 24.3 Å². The Kier molecular flexibility index (Phi) is 6.34. The minimum absolute atomic E-state index is 0.167. The van der Waals surface area contributed by atoms with Crippen molar-refractivity contribution >= 4 is 16.0 Å². The van der Waals surface area contributed by atoms with E-state index >= 15 is 0 Å². The molecule has 0 unspecified atom stereocenters. The maximum atomic E-state index is 12.0. The van der Waals surface area contributed by atoms with Crippen molar-refractivity contribution in [1.82, 2.24) is 4.72 Å². The predicted octanol–water partition coefficient (Wildman–Crippen LogP) is 1.97. The Bertz CT molecular complexity index is 757. The van der Waals surface area contributed by atoms with Crippen molar-refractivity contribution in [3.8, 4) is 5.75 Å². The fraction of sp³-hybridized carbons (Fsp3) is 0.235. The molecule has 2 rings (SSSR count). The molecule has 0 atom stereocenters. The van der Waals surface area contributed by atoms with Crippen LogP contribution in [0.3, 0.4) is 0 Å². The third-order valence-corrected chi connectivity index (χ3v) is 4.53. The van der Waals surface area contributed by atoms with Crippen molar-refractivity contribution in [1.29, 1.82) is 0 Å². The van der Waals surface area contributed by atoms with Crippen LogP contribution in [0.1, 0.15) is 15.9 Å². The van der Waals surface area contributed by atoms with Gasteiger partial charge in [-0.1, -0.05) is 30.3 Å². The molecule has 0 aliphatic rings. The predicted molar refractivity (Wildman–Crippen MR) is 90.3 cm³/mol. The number of carbonyl (C=O) groups excluding carboxylic acids is 1. The summed E-state index contributed by atoms with van der Waals surface area (Å²) in [6.07, 6.45) is 0. The Morgan fingerprint density at radius 1 is 1.04 bits per heavy atom. The number of methoxy groups -OCH3 is 1. The highest BCUT2D eigenvalue weighted by molar-refractivity contribution is 7.88. The molecule has 0 fully saturated rings. The van der Waals surface area contributed by atoms with Crippen LogP contribution in [0.4, 0.5) is 0 Å². The zero-order valence-corrected chi connectivity index (χ0v) is 14.1. The number of carbonyl (C=O) groups is 1. The lowest BCUT2D eigenvalue weighted by Crippen LogP contribution is -2.29. The molecule has 6 nitrogen and oxygen atoms in total. The molecule has 0 heterocycles. The smallest absolute Gasteiger partial charge is 0.337 e. The zero-order chi connectivity index (χ0) is 17.4. The van der Waals surface area contributed by atoms with E-state index in [1.165, 1.54) is 19.2 Å². The molecule has 0 aliphatic heterocycles. The summed E-state index contributed by atoms with van der Waals surface area (Å²) in [4.78, 5) is 11.3. The van der Waals surface area contributed by atoms with Crippen molar-refractivity contribution in [3.05, 3.63) is 65.7 Å². The van der Waals surface area contributed by atoms with Gasteiger partial charge < -0.3 is 9.47 Å². The van der Waals surface area contributed by atoms with Gasteiger partial charge in [0.05, 0.1) is 18.4 Å². The van der Waals surface area contributed by atoms with Gasteiger partial charge in [0.15, 0.2) is 0 Å². The van der Waals surface area contributed by atoms with Crippen LogP contribution < -0.4 is 9.46 Å². The van der Waals surface area contributed by atoms with E-state index in [2.05, 4.69) is 9.46 Å². The van der Waals surface area contributed by atoms with Gasteiger partial charge in [-0.25, -0.2) is 17.9 Å². The summed E-state index contributed by atoms with van der Waals surface area (Å²) in [5, 5.41) is 0. The molecular formula is C17H19NO5S. The van der Waals surface area contributed by atoms with Crippen molar-refractivity contribution in [2.75, 3.05) is 20.3 Å². The Labute approximate surface area is 141 Å². The van der Waals surface area contributed by atoms with E-state index in [1.807, 2.05) is 18.2 Å². The molecule has 0 spiro atoms. The first-order chi connectivity index (χ1) is 11.5. The van der Waals surface area contributed by atoms with Crippen LogP contribution in [0.2, 0.25) is 0 Å². The SMILES string of the molecule is COC(=O)c1ccc(CS(=O)(=O)NCCOc2ccccc2)cc1. The van der Waals surface area contributed by atoms with Gasteiger partial charge in [-0.15, -0.1) is 0 Å².